The van der Waals surface area contributed by atoms with Crippen LogP contribution in [0.25, 0.3) is 0 Å². The van der Waals surface area contributed by atoms with E-state index < -0.39 is 23.6 Å². The van der Waals surface area contributed by atoms with Crippen LogP contribution in [0.15, 0.2) is 24.3 Å². The molecule has 0 amide bonds. The fraction of sp³-hybridized carbons (Fsp3) is 0.545. The molecule has 1 aromatic rings. The number of hydrogen-bond donors (Lipinski definition) is 3. The monoisotopic (exact) mass is 370 g/mol. The van der Waals surface area contributed by atoms with Crippen LogP contribution in [0.3, 0.4) is 0 Å². The van der Waals surface area contributed by atoms with Gasteiger partial charge in [0.25, 0.3) is 0 Å². The first-order valence-corrected chi connectivity index (χ1v) is 9.66. The van der Waals surface area contributed by atoms with E-state index in [0.717, 1.165) is 18.4 Å². The second-order valence-corrected chi connectivity index (χ2v) is 7.78. The van der Waals surface area contributed by atoms with Crippen molar-refractivity contribution in [3.05, 3.63) is 35.4 Å². The number of hydrogen-bond acceptors (Lipinski definition) is 4. The first kappa shape index (κ1) is 19.6. The van der Waals surface area contributed by atoms with Crippen molar-refractivity contribution in [3.63, 3.8) is 0 Å². The SMILES string of the molecule is O=C(O)c1cccc(CCC[C@H]2C(=O)C[C@@H](O)[C@@H]2C#CC2(O)CCCC2)c1. The summed E-state index contributed by atoms with van der Waals surface area (Å²) in [6, 6.07) is 6.81. The Morgan fingerprint density at radius 1 is 1.26 bits per heavy atom. The lowest BCUT2D eigenvalue weighted by Crippen LogP contribution is -2.24. The van der Waals surface area contributed by atoms with Gasteiger partial charge in [-0.1, -0.05) is 24.0 Å². The maximum Gasteiger partial charge on any atom is 0.335 e. The Morgan fingerprint density at radius 2 is 2.00 bits per heavy atom. The Morgan fingerprint density at radius 3 is 2.70 bits per heavy atom. The molecule has 1 aromatic carbocycles. The van der Waals surface area contributed by atoms with Crippen LogP contribution in [0.1, 0.15) is 60.9 Å². The minimum atomic E-state index is -0.965. The van der Waals surface area contributed by atoms with Gasteiger partial charge in [0, 0.05) is 12.3 Å². The van der Waals surface area contributed by atoms with E-state index in [1.54, 1.807) is 18.2 Å². The maximum atomic E-state index is 12.3. The fourth-order valence-electron chi connectivity index (χ4n) is 4.18. The summed E-state index contributed by atoms with van der Waals surface area (Å²) in [7, 11) is 0. The molecular weight excluding hydrogens is 344 g/mol. The van der Waals surface area contributed by atoms with Crippen molar-refractivity contribution < 1.29 is 24.9 Å². The molecule has 5 nitrogen and oxygen atoms in total. The molecule has 0 aromatic heterocycles. The lowest BCUT2D eigenvalue weighted by Gasteiger charge is -2.18. The van der Waals surface area contributed by atoms with Gasteiger partial charge in [0.15, 0.2) is 0 Å². The molecule has 2 fully saturated rings. The largest absolute Gasteiger partial charge is 0.478 e. The normalized spacial score (nSPS) is 26.6. The second-order valence-electron chi connectivity index (χ2n) is 7.78. The highest BCUT2D eigenvalue weighted by molar-refractivity contribution is 5.87. The van der Waals surface area contributed by atoms with Crippen LogP contribution in [-0.4, -0.2) is 38.8 Å². The molecule has 0 radical (unpaired) electrons. The van der Waals surface area contributed by atoms with E-state index in [1.807, 2.05) is 6.07 Å². The third-order valence-corrected chi connectivity index (χ3v) is 5.73. The molecule has 3 atom stereocenters. The Hall–Kier alpha value is -2.16. The van der Waals surface area contributed by atoms with Crippen LogP contribution in [0, 0.1) is 23.7 Å². The third-order valence-electron chi connectivity index (χ3n) is 5.73. The van der Waals surface area contributed by atoms with Crippen molar-refractivity contribution in [2.45, 2.75) is 63.1 Å². The van der Waals surface area contributed by atoms with Crippen LogP contribution >= 0.6 is 0 Å². The summed E-state index contributed by atoms with van der Waals surface area (Å²) >= 11 is 0. The number of carbonyl (C=O) groups is 2. The molecule has 0 saturated heterocycles. The number of aromatic carboxylic acids is 1. The molecule has 0 bridgehead atoms. The summed E-state index contributed by atoms with van der Waals surface area (Å²) in [4.78, 5) is 23.3. The predicted molar refractivity (Wildman–Crippen MR) is 100 cm³/mol. The van der Waals surface area contributed by atoms with Crippen LogP contribution in [-0.2, 0) is 11.2 Å². The zero-order valence-electron chi connectivity index (χ0n) is 15.4. The molecule has 2 aliphatic carbocycles. The van der Waals surface area contributed by atoms with E-state index in [0.29, 0.717) is 32.1 Å². The van der Waals surface area contributed by atoms with E-state index in [4.69, 9.17) is 5.11 Å². The van der Waals surface area contributed by atoms with Crippen LogP contribution in [0.4, 0.5) is 0 Å². The number of aryl methyl sites for hydroxylation is 1. The summed E-state index contributed by atoms with van der Waals surface area (Å²) < 4.78 is 0. The van der Waals surface area contributed by atoms with Crippen molar-refractivity contribution in [2.75, 3.05) is 0 Å². The summed E-state index contributed by atoms with van der Waals surface area (Å²) in [5.74, 6) is 4.29. The number of aliphatic hydroxyl groups is 2. The number of carboxylic acid groups (broad SMARTS) is 1. The first-order valence-electron chi connectivity index (χ1n) is 9.66. The average Bonchev–Trinajstić information content (AvgIpc) is 3.17. The number of carbonyl (C=O) groups excluding carboxylic acids is 1. The highest BCUT2D eigenvalue weighted by atomic mass is 16.4. The quantitative estimate of drug-likeness (QED) is 0.693. The topological polar surface area (TPSA) is 94.8 Å². The molecule has 3 rings (SSSR count). The lowest BCUT2D eigenvalue weighted by molar-refractivity contribution is -0.121. The summed E-state index contributed by atoms with van der Waals surface area (Å²) in [5.41, 5.74) is 0.213. The van der Waals surface area contributed by atoms with Crippen molar-refractivity contribution in [2.24, 2.45) is 11.8 Å². The Labute approximate surface area is 159 Å². The van der Waals surface area contributed by atoms with Gasteiger partial charge in [-0.3, -0.25) is 4.79 Å². The molecule has 2 aliphatic rings. The van der Waals surface area contributed by atoms with Crippen LogP contribution < -0.4 is 0 Å². The standard InChI is InChI=1S/C22H26O5/c23-19-14-20(24)18(9-12-22(27)10-1-2-11-22)17(19)8-4-6-15-5-3-7-16(13-15)21(25)26/h3,5,7,13,17-18,20,24,27H,1-2,4,6,8,10-11,14H2,(H,25,26)/t17-,18-,20-/m1/s1. The first-order chi connectivity index (χ1) is 12.9. The van der Waals surface area contributed by atoms with E-state index in [1.165, 1.54) is 0 Å². The van der Waals surface area contributed by atoms with Gasteiger partial charge in [-0.25, -0.2) is 4.79 Å². The van der Waals surface area contributed by atoms with E-state index in [2.05, 4.69) is 11.8 Å². The fourth-order valence-corrected chi connectivity index (χ4v) is 4.18. The van der Waals surface area contributed by atoms with Crippen LogP contribution in [0.2, 0.25) is 0 Å². The van der Waals surface area contributed by atoms with Gasteiger partial charge in [0.05, 0.1) is 17.6 Å². The number of ketones is 1. The maximum absolute atomic E-state index is 12.3. The van der Waals surface area contributed by atoms with Crippen molar-refractivity contribution in [3.8, 4) is 11.8 Å². The molecule has 0 aliphatic heterocycles. The molecule has 0 spiro atoms. The zero-order chi connectivity index (χ0) is 19.4. The molecule has 27 heavy (non-hydrogen) atoms. The number of carboxylic acids is 1. The lowest BCUT2D eigenvalue weighted by atomic mass is 9.88. The molecule has 144 valence electrons. The van der Waals surface area contributed by atoms with Gasteiger partial charge < -0.3 is 15.3 Å². The smallest absolute Gasteiger partial charge is 0.335 e. The van der Waals surface area contributed by atoms with E-state index in [-0.39, 0.29) is 23.7 Å². The number of benzene rings is 1. The summed E-state index contributed by atoms with van der Waals surface area (Å²) in [5, 5.41) is 29.7. The van der Waals surface area contributed by atoms with Gasteiger partial charge >= 0.3 is 5.97 Å². The van der Waals surface area contributed by atoms with Crippen LogP contribution in [0.5, 0.6) is 0 Å². The second kappa shape index (κ2) is 8.24. The molecular formula is C22H26O5. The minimum Gasteiger partial charge on any atom is -0.478 e. The molecule has 2 saturated carbocycles. The predicted octanol–water partition coefficient (Wildman–Crippen LogP) is 2.58. The molecule has 0 heterocycles. The Kier molecular flexibility index (Phi) is 5.98. The Bertz CT molecular complexity index is 766. The third kappa shape index (κ3) is 4.77. The van der Waals surface area contributed by atoms with E-state index >= 15 is 0 Å². The molecule has 3 N–H and O–H groups in total. The molecule has 5 heteroatoms. The number of aliphatic hydroxyl groups excluding tert-OH is 1. The summed E-state index contributed by atoms with van der Waals surface area (Å²) in [6.45, 7) is 0. The highest BCUT2D eigenvalue weighted by Gasteiger charge is 2.40. The van der Waals surface area contributed by atoms with Gasteiger partial charge in [-0.05, 0) is 62.6 Å². The van der Waals surface area contributed by atoms with Gasteiger partial charge in [0.1, 0.15) is 11.4 Å². The number of rotatable bonds is 5. The van der Waals surface area contributed by atoms with Crippen molar-refractivity contribution in [1.29, 1.82) is 0 Å². The highest BCUT2D eigenvalue weighted by Crippen LogP contribution is 2.34. The molecule has 0 unspecified atom stereocenters. The average molecular weight is 370 g/mol. The summed E-state index contributed by atoms with van der Waals surface area (Å²) in [6.07, 6.45) is 4.56. The van der Waals surface area contributed by atoms with E-state index in [9.17, 15) is 19.8 Å². The Balaban J connectivity index is 1.62. The van der Waals surface area contributed by atoms with Crippen molar-refractivity contribution in [1.82, 2.24) is 0 Å². The minimum absolute atomic E-state index is 0.0273. The zero-order valence-corrected chi connectivity index (χ0v) is 15.4. The van der Waals surface area contributed by atoms with Crippen molar-refractivity contribution >= 4 is 11.8 Å². The van der Waals surface area contributed by atoms with Gasteiger partial charge in [-0.2, -0.15) is 0 Å². The van der Waals surface area contributed by atoms with Gasteiger partial charge in [0.2, 0.25) is 0 Å². The van der Waals surface area contributed by atoms with Gasteiger partial charge in [-0.15, -0.1) is 0 Å². The number of Topliss-reactive ketones (excluding diaryl/α,β-unsaturated/α-hetero) is 1.